The first-order valence-electron chi connectivity index (χ1n) is 3.05. The third kappa shape index (κ3) is 4.66. The van der Waals surface area contributed by atoms with Gasteiger partial charge in [0, 0.05) is 0 Å². The van der Waals surface area contributed by atoms with Crippen molar-refractivity contribution in [1.82, 2.24) is 0 Å². The second-order valence-electron chi connectivity index (χ2n) is 2.06. The van der Waals surface area contributed by atoms with Gasteiger partial charge in [0.1, 0.15) is 0 Å². The summed E-state index contributed by atoms with van der Waals surface area (Å²) in [5.74, 6) is -0.786. The van der Waals surface area contributed by atoms with Crippen LogP contribution in [0.25, 0.3) is 0 Å². The molecule has 0 aliphatic rings. The second-order valence-corrected chi connectivity index (χ2v) is 2.06. The molecule has 0 aromatic heterocycles. The summed E-state index contributed by atoms with van der Waals surface area (Å²) in [6, 6.07) is 9.13. The summed E-state index contributed by atoms with van der Waals surface area (Å²) in [6.45, 7) is 0. The van der Waals surface area contributed by atoms with Gasteiger partial charge in [0.2, 0.25) is 0 Å². The van der Waals surface area contributed by atoms with E-state index in [0.717, 1.165) is 5.56 Å². The SMILES string of the molecule is O=C(O)Cc1ccccc1.[BaH2]. The number of benzene rings is 1. The molecule has 3 heteroatoms. The Morgan fingerprint density at radius 3 is 2.27 bits per heavy atom. The fraction of sp³-hybridized carbons (Fsp3) is 0.125. The van der Waals surface area contributed by atoms with Gasteiger partial charge in [-0.15, -0.1) is 0 Å². The molecular weight excluding hydrogens is 265 g/mol. The summed E-state index contributed by atoms with van der Waals surface area (Å²) >= 11 is 0. The molecule has 1 N–H and O–H groups in total. The average molecular weight is 275 g/mol. The number of carbonyl (C=O) groups is 1. The van der Waals surface area contributed by atoms with Crippen molar-refractivity contribution >= 4 is 54.9 Å². The van der Waals surface area contributed by atoms with Crippen LogP contribution in [-0.2, 0) is 11.2 Å². The van der Waals surface area contributed by atoms with E-state index in [2.05, 4.69) is 0 Å². The maximum atomic E-state index is 10.2. The minimum atomic E-state index is -0.786. The quantitative estimate of drug-likeness (QED) is 0.793. The average Bonchev–Trinajstić information content (AvgIpc) is 1.88. The minimum absolute atomic E-state index is 0. The fourth-order valence-corrected chi connectivity index (χ4v) is 0.770. The Labute approximate surface area is 106 Å². The Bertz CT molecular complexity index is 221. The number of aliphatic carboxylic acids is 1. The van der Waals surface area contributed by atoms with Gasteiger partial charge in [-0.05, 0) is 5.56 Å². The van der Waals surface area contributed by atoms with Crippen LogP contribution in [0.3, 0.4) is 0 Å². The number of carboxylic acid groups (broad SMARTS) is 1. The first-order valence-corrected chi connectivity index (χ1v) is 3.05. The van der Waals surface area contributed by atoms with Crippen molar-refractivity contribution in [3.63, 3.8) is 0 Å². The van der Waals surface area contributed by atoms with Crippen molar-refractivity contribution in [2.45, 2.75) is 6.42 Å². The van der Waals surface area contributed by atoms with Crippen LogP contribution in [0.2, 0.25) is 0 Å². The van der Waals surface area contributed by atoms with Crippen LogP contribution in [0.1, 0.15) is 5.56 Å². The molecule has 0 bridgehead atoms. The molecule has 0 amide bonds. The van der Waals surface area contributed by atoms with Gasteiger partial charge in [-0.2, -0.15) is 0 Å². The Morgan fingerprint density at radius 2 is 1.82 bits per heavy atom. The zero-order chi connectivity index (χ0) is 7.40. The van der Waals surface area contributed by atoms with Crippen LogP contribution in [0.5, 0.6) is 0 Å². The van der Waals surface area contributed by atoms with Crippen molar-refractivity contribution < 1.29 is 9.90 Å². The zero-order valence-electron chi connectivity index (χ0n) is 5.45. The molecule has 1 aromatic rings. The Morgan fingerprint density at radius 1 is 1.27 bits per heavy atom. The van der Waals surface area contributed by atoms with E-state index in [1.807, 2.05) is 18.2 Å². The molecule has 0 aliphatic carbocycles. The molecular formula is C8H10BaO2. The molecule has 0 fully saturated rings. The van der Waals surface area contributed by atoms with Crippen molar-refractivity contribution in [2.24, 2.45) is 0 Å². The van der Waals surface area contributed by atoms with E-state index in [1.54, 1.807) is 12.1 Å². The Hall–Kier alpha value is 0.261. The summed E-state index contributed by atoms with van der Waals surface area (Å²) in [7, 11) is 0. The molecule has 0 unspecified atom stereocenters. The first kappa shape index (κ1) is 11.3. The summed E-state index contributed by atoms with van der Waals surface area (Å²) in [5.41, 5.74) is 0.843. The van der Waals surface area contributed by atoms with Crippen LogP contribution < -0.4 is 0 Å². The zero-order valence-corrected chi connectivity index (χ0v) is 5.45. The molecule has 0 saturated carbocycles. The van der Waals surface area contributed by atoms with Crippen LogP contribution in [0, 0.1) is 0 Å². The first-order chi connectivity index (χ1) is 4.79. The van der Waals surface area contributed by atoms with Gasteiger partial charge >= 0.3 is 54.9 Å². The van der Waals surface area contributed by atoms with Crippen molar-refractivity contribution in [3.8, 4) is 0 Å². The van der Waals surface area contributed by atoms with Crippen LogP contribution in [0.15, 0.2) is 30.3 Å². The predicted octanol–water partition coefficient (Wildman–Crippen LogP) is 0.398. The van der Waals surface area contributed by atoms with Gasteiger partial charge in [0.15, 0.2) is 0 Å². The van der Waals surface area contributed by atoms with Crippen LogP contribution >= 0.6 is 0 Å². The van der Waals surface area contributed by atoms with E-state index >= 15 is 0 Å². The van der Waals surface area contributed by atoms with Crippen molar-refractivity contribution in [1.29, 1.82) is 0 Å². The molecule has 0 atom stereocenters. The number of carboxylic acids is 1. The molecule has 1 aromatic carbocycles. The molecule has 1 rings (SSSR count). The summed E-state index contributed by atoms with van der Waals surface area (Å²) < 4.78 is 0. The Balaban J connectivity index is 0.000001000. The second kappa shape index (κ2) is 5.85. The molecule has 0 aliphatic heterocycles. The molecule has 11 heavy (non-hydrogen) atoms. The molecule has 0 saturated heterocycles. The molecule has 0 radical (unpaired) electrons. The summed E-state index contributed by atoms with van der Waals surface area (Å²) in [4.78, 5) is 10.2. The monoisotopic (exact) mass is 276 g/mol. The number of hydrogen-bond donors (Lipinski definition) is 1. The number of rotatable bonds is 2. The van der Waals surface area contributed by atoms with Gasteiger partial charge in [0.05, 0.1) is 6.42 Å². The van der Waals surface area contributed by atoms with Crippen molar-refractivity contribution in [2.75, 3.05) is 0 Å². The van der Waals surface area contributed by atoms with Crippen LogP contribution in [0.4, 0.5) is 0 Å². The van der Waals surface area contributed by atoms with Gasteiger partial charge in [-0.3, -0.25) is 4.79 Å². The molecule has 56 valence electrons. The van der Waals surface area contributed by atoms with Crippen molar-refractivity contribution in [3.05, 3.63) is 35.9 Å². The van der Waals surface area contributed by atoms with E-state index in [1.165, 1.54) is 0 Å². The normalized spacial score (nSPS) is 8.36. The Kier molecular flexibility index (Phi) is 5.99. The van der Waals surface area contributed by atoms with E-state index < -0.39 is 5.97 Å². The van der Waals surface area contributed by atoms with Gasteiger partial charge in [-0.25, -0.2) is 0 Å². The van der Waals surface area contributed by atoms with E-state index in [0.29, 0.717) is 0 Å². The van der Waals surface area contributed by atoms with E-state index in [-0.39, 0.29) is 55.3 Å². The third-order valence-electron chi connectivity index (χ3n) is 1.20. The van der Waals surface area contributed by atoms with Gasteiger partial charge in [0.25, 0.3) is 0 Å². The maximum absolute atomic E-state index is 10.2. The summed E-state index contributed by atoms with van der Waals surface area (Å²) in [6.07, 6.45) is 0.112. The summed E-state index contributed by atoms with van der Waals surface area (Å²) in [5, 5.41) is 8.37. The molecule has 2 nitrogen and oxygen atoms in total. The molecule has 0 heterocycles. The predicted molar refractivity (Wildman–Crippen MR) is 46.3 cm³/mol. The van der Waals surface area contributed by atoms with Crippen LogP contribution in [-0.4, -0.2) is 60.0 Å². The third-order valence-corrected chi connectivity index (χ3v) is 1.20. The van der Waals surface area contributed by atoms with E-state index in [9.17, 15) is 4.79 Å². The standard InChI is InChI=1S/C8H8O2.Ba.2H/c9-8(10)6-7-4-2-1-3-5-7;;;/h1-5H,6H2,(H,9,10);;;. The topological polar surface area (TPSA) is 37.3 Å². The fourth-order valence-electron chi connectivity index (χ4n) is 0.770. The number of hydrogen-bond acceptors (Lipinski definition) is 1. The van der Waals surface area contributed by atoms with Gasteiger partial charge < -0.3 is 5.11 Å². The molecule has 0 spiro atoms. The van der Waals surface area contributed by atoms with E-state index in [4.69, 9.17) is 5.11 Å². The van der Waals surface area contributed by atoms with Gasteiger partial charge in [-0.1, -0.05) is 30.3 Å².